The molecule has 33 heavy (non-hydrogen) atoms. The molecule has 5 aromatic rings. The lowest BCUT2D eigenvalue weighted by molar-refractivity contribution is 0.560. The van der Waals surface area contributed by atoms with E-state index < -0.39 is 5.56 Å². The highest BCUT2D eigenvalue weighted by Crippen LogP contribution is 2.43. The number of halogens is 1. The van der Waals surface area contributed by atoms with Crippen LogP contribution in [0.1, 0.15) is 0 Å². The van der Waals surface area contributed by atoms with Crippen molar-refractivity contribution >= 4 is 21.9 Å². The number of aromatic nitrogens is 4. The maximum absolute atomic E-state index is 12.5. The van der Waals surface area contributed by atoms with Gasteiger partial charge in [-0.2, -0.15) is 4.98 Å². The van der Waals surface area contributed by atoms with E-state index in [2.05, 4.69) is 35.9 Å². The Labute approximate surface area is 197 Å². The van der Waals surface area contributed by atoms with Gasteiger partial charge in [-0.05, 0) is 64.5 Å². The Morgan fingerprint density at radius 1 is 0.758 bits per heavy atom. The quantitative estimate of drug-likeness (QED) is 0.361. The first-order valence-electron chi connectivity index (χ1n) is 10.0. The molecular formula is C25H16BrN5O2. The maximum Gasteiger partial charge on any atom is 0.295 e. The van der Waals surface area contributed by atoms with E-state index in [0.29, 0.717) is 11.3 Å². The number of anilines is 1. The number of nitrogens with zero attached hydrogens (tertiary/aromatic N) is 4. The Hall–Kier alpha value is -4.17. The molecule has 0 radical (unpaired) electrons. The van der Waals surface area contributed by atoms with Gasteiger partial charge in [0.2, 0.25) is 0 Å². The summed E-state index contributed by atoms with van der Waals surface area (Å²) in [7, 11) is 0. The summed E-state index contributed by atoms with van der Waals surface area (Å²) in [6, 6.07) is 20.7. The number of nitrogen functional groups attached to an aromatic ring is 1. The third-order valence-electron chi connectivity index (χ3n) is 5.01. The average molecular weight is 498 g/mol. The minimum atomic E-state index is -0.525. The number of pyridine rings is 3. The fraction of sp³-hybridized carbons (Fsp3) is 0. The maximum atomic E-state index is 12.5. The Balaban J connectivity index is 1.94. The van der Waals surface area contributed by atoms with E-state index in [1.807, 2.05) is 66.7 Å². The van der Waals surface area contributed by atoms with E-state index in [1.54, 1.807) is 18.6 Å². The van der Waals surface area contributed by atoms with Gasteiger partial charge in [-0.15, -0.1) is 0 Å². The average Bonchev–Trinajstić information content (AvgIpc) is 2.87. The second-order valence-electron chi connectivity index (χ2n) is 7.09. The van der Waals surface area contributed by atoms with Gasteiger partial charge in [0, 0.05) is 40.8 Å². The summed E-state index contributed by atoms with van der Waals surface area (Å²) < 4.78 is 5.94. The molecule has 4 heterocycles. The summed E-state index contributed by atoms with van der Waals surface area (Å²) in [4.78, 5) is 29.8. The Bertz CT molecular complexity index is 1490. The van der Waals surface area contributed by atoms with Crippen molar-refractivity contribution in [2.24, 2.45) is 0 Å². The van der Waals surface area contributed by atoms with E-state index in [1.165, 1.54) is 0 Å². The molecule has 7 nitrogen and oxygen atoms in total. The lowest BCUT2D eigenvalue weighted by Crippen LogP contribution is -2.11. The molecule has 0 unspecified atom stereocenters. The van der Waals surface area contributed by atoms with Crippen molar-refractivity contribution < 1.29 is 4.42 Å². The molecule has 0 aliphatic heterocycles. The second kappa shape index (κ2) is 8.76. The van der Waals surface area contributed by atoms with Gasteiger partial charge < -0.3 is 10.2 Å². The van der Waals surface area contributed by atoms with Crippen molar-refractivity contribution in [3.63, 3.8) is 0 Å². The van der Waals surface area contributed by atoms with E-state index >= 15 is 0 Å². The first-order valence-corrected chi connectivity index (χ1v) is 10.8. The van der Waals surface area contributed by atoms with Crippen molar-refractivity contribution in [2.45, 2.75) is 0 Å². The summed E-state index contributed by atoms with van der Waals surface area (Å²) in [6.07, 6.45) is 5.16. The van der Waals surface area contributed by atoms with Crippen LogP contribution in [-0.2, 0) is 0 Å². The summed E-state index contributed by atoms with van der Waals surface area (Å²) in [5.74, 6) is 0.253. The van der Waals surface area contributed by atoms with Crippen LogP contribution in [0.4, 0.5) is 6.01 Å². The Morgan fingerprint density at radius 3 is 1.94 bits per heavy atom. The lowest BCUT2D eigenvalue weighted by atomic mass is 9.90. The first kappa shape index (κ1) is 20.7. The molecule has 0 amide bonds. The van der Waals surface area contributed by atoms with Crippen LogP contribution in [0.2, 0.25) is 0 Å². The molecule has 0 aliphatic rings. The van der Waals surface area contributed by atoms with Crippen LogP contribution in [0.3, 0.4) is 0 Å². The summed E-state index contributed by atoms with van der Waals surface area (Å²) in [5, 5.41) is 0. The highest BCUT2D eigenvalue weighted by Gasteiger charge is 2.23. The van der Waals surface area contributed by atoms with Gasteiger partial charge in [0.05, 0.1) is 17.1 Å². The standard InChI is InChI=1S/C25H16BrN5O2/c26-22-23(33-25(27)31-24(22)32)17-14-15(18-7-1-4-10-28-18)13-16(19-8-2-5-11-29-19)21(17)20-9-3-6-12-30-20/h1-14H,(H2,27,31,32). The lowest BCUT2D eigenvalue weighted by Gasteiger charge is -2.17. The highest BCUT2D eigenvalue weighted by molar-refractivity contribution is 9.10. The molecule has 0 bridgehead atoms. The topological polar surface area (TPSA) is 108 Å². The molecule has 0 atom stereocenters. The van der Waals surface area contributed by atoms with Crippen molar-refractivity contribution in [3.8, 4) is 45.1 Å². The summed E-state index contributed by atoms with van der Waals surface area (Å²) in [5.41, 5.74) is 10.4. The van der Waals surface area contributed by atoms with Gasteiger partial charge in [0.1, 0.15) is 4.47 Å². The molecule has 8 heteroatoms. The number of rotatable bonds is 4. The van der Waals surface area contributed by atoms with E-state index in [-0.39, 0.29) is 16.2 Å². The van der Waals surface area contributed by atoms with Crippen LogP contribution < -0.4 is 11.3 Å². The predicted octanol–water partition coefficient (Wildman–Crippen LogP) is 5.23. The normalized spacial score (nSPS) is 10.8. The van der Waals surface area contributed by atoms with Crippen LogP contribution >= 0.6 is 15.9 Å². The van der Waals surface area contributed by atoms with Crippen LogP contribution in [0, 0.1) is 0 Å². The molecule has 160 valence electrons. The summed E-state index contributed by atoms with van der Waals surface area (Å²) in [6.45, 7) is 0. The number of hydrogen-bond acceptors (Lipinski definition) is 7. The van der Waals surface area contributed by atoms with Gasteiger partial charge in [0.25, 0.3) is 11.6 Å². The van der Waals surface area contributed by atoms with E-state index in [9.17, 15) is 4.79 Å². The molecular weight excluding hydrogens is 482 g/mol. The first-order chi connectivity index (χ1) is 16.1. The van der Waals surface area contributed by atoms with Gasteiger partial charge in [-0.3, -0.25) is 19.7 Å². The van der Waals surface area contributed by atoms with Gasteiger partial charge in [-0.1, -0.05) is 18.2 Å². The van der Waals surface area contributed by atoms with Crippen molar-refractivity contribution in [1.29, 1.82) is 0 Å². The third kappa shape index (κ3) is 4.04. The largest absolute Gasteiger partial charge is 0.424 e. The minimum absolute atomic E-state index is 0.166. The monoisotopic (exact) mass is 497 g/mol. The van der Waals surface area contributed by atoms with E-state index in [0.717, 1.165) is 28.1 Å². The Kier molecular flexibility index (Phi) is 5.50. The second-order valence-corrected chi connectivity index (χ2v) is 7.88. The van der Waals surface area contributed by atoms with Crippen molar-refractivity contribution in [2.75, 3.05) is 5.73 Å². The van der Waals surface area contributed by atoms with Crippen LogP contribution in [0.15, 0.2) is 99.0 Å². The molecule has 5 rings (SSSR count). The SMILES string of the molecule is Nc1nc(=O)c(Br)c(-c2cc(-c3ccccn3)cc(-c3ccccn3)c2-c2ccccn2)o1. The van der Waals surface area contributed by atoms with Gasteiger partial charge in [0.15, 0.2) is 5.76 Å². The highest BCUT2D eigenvalue weighted by atomic mass is 79.9. The Morgan fingerprint density at radius 2 is 1.33 bits per heavy atom. The van der Waals surface area contributed by atoms with Crippen LogP contribution in [-0.4, -0.2) is 19.9 Å². The summed E-state index contributed by atoms with van der Waals surface area (Å²) >= 11 is 3.34. The van der Waals surface area contributed by atoms with Crippen LogP contribution in [0.5, 0.6) is 0 Å². The fourth-order valence-electron chi connectivity index (χ4n) is 3.60. The fourth-order valence-corrected chi connectivity index (χ4v) is 3.99. The molecule has 2 N–H and O–H groups in total. The van der Waals surface area contributed by atoms with Crippen molar-refractivity contribution in [1.82, 2.24) is 19.9 Å². The number of benzene rings is 1. The molecule has 1 aromatic carbocycles. The zero-order chi connectivity index (χ0) is 22.8. The zero-order valence-electron chi connectivity index (χ0n) is 17.1. The molecule has 0 saturated heterocycles. The molecule has 0 spiro atoms. The minimum Gasteiger partial charge on any atom is -0.424 e. The van der Waals surface area contributed by atoms with Gasteiger partial charge >= 0.3 is 0 Å². The molecule has 0 saturated carbocycles. The smallest absolute Gasteiger partial charge is 0.295 e. The number of nitrogens with two attached hydrogens (primary N) is 1. The van der Waals surface area contributed by atoms with Crippen molar-refractivity contribution in [3.05, 3.63) is 100 Å². The molecule has 0 aliphatic carbocycles. The van der Waals surface area contributed by atoms with Gasteiger partial charge in [-0.25, -0.2) is 0 Å². The number of hydrogen-bond donors (Lipinski definition) is 1. The van der Waals surface area contributed by atoms with Crippen LogP contribution in [0.25, 0.3) is 45.1 Å². The third-order valence-corrected chi connectivity index (χ3v) is 5.71. The molecule has 4 aromatic heterocycles. The molecule has 0 fully saturated rings. The van der Waals surface area contributed by atoms with E-state index in [4.69, 9.17) is 10.2 Å². The zero-order valence-corrected chi connectivity index (χ0v) is 18.7. The predicted molar refractivity (Wildman–Crippen MR) is 130 cm³/mol.